The third-order valence-electron chi connectivity index (χ3n) is 5.09. The molecule has 0 fully saturated rings. The van der Waals surface area contributed by atoms with Gasteiger partial charge in [0, 0.05) is 5.02 Å². The Morgan fingerprint density at radius 3 is 2.07 bits per heavy atom. The SMILES string of the molecule is Clc1cc(-c2ccccc2)cc(-c2cccc3ccc4ccccc4c23)c1. The van der Waals surface area contributed by atoms with Crippen LogP contribution >= 0.6 is 11.6 Å². The lowest BCUT2D eigenvalue weighted by Crippen LogP contribution is -1.86. The molecular weight excluding hydrogens is 348 g/mol. The van der Waals surface area contributed by atoms with Crippen LogP contribution in [0.2, 0.25) is 5.02 Å². The van der Waals surface area contributed by atoms with Gasteiger partial charge in [-0.15, -0.1) is 0 Å². The second-order valence-corrected chi connectivity index (χ2v) is 7.22. The second-order valence-electron chi connectivity index (χ2n) is 6.78. The second kappa shape index (κ2) is 6.57. The largest absolute Gasteiger partial charge is 0.0843 e. The Morgan fingerprint density at radius 2 is 1.19 bits per heavy atom. The van der Waals surface area contributed by atoms with Crippen molar-refractivity contribution in [1.82, 2.24) is 0 Å². The van der Waals surface area contributed by atoms with Gasteiger partial charge in [0.15, 0.2) is 0 Å². The van der Waals surface area contributed by atoms with Gasteiger partial charge in [-0.05, 0) is 62.0 Å². The lowest BCUT2D eigenvalue weighted by molar-refractivity contribution is 1.60. The zero-order chi connectivity index (χ0) is 18.2. The molecule has 0 aliphatic rings. The molecule has 0 atom stereocenters. The molecule has 1 heteroatoms. The van der Waals surface area contributed by atoms with Gasteiger partial charge in [-0.3, -0.25) is 0 Å². The Bertz CT molecular complexity index is 1270. The molecule has 0 heterocycles. The van der Waals surface area contributed by atoms with Crippen molar-refractivity contribution in [2.75, 3.05) is 0 Å². The van der Waals surface area contributed by atoms with Gasteiger partial charge in [-0.2, -0.15) is 0 Å². The van der Waals surface area contributed by atoms with Crippen LogP contribution in [0.15, 0.2) is 103 Å². The van der Waals surface area contributed by atoms with Gasteiger partial charge < -0.3 is 0 Å². The lowest BCUT2D eigenvalue weighted by atomic mass is 9.92. The molecule has 5 aromatic rings. The van der Waals surface area contributed by atoms with E-state index in [1.54, 1.807) is 0 Å². The van der Waals surface area contributed by atoms with Crippen molar-refractivity contribution < 1.29 is 0 Å². The molecule has 5 rings (SSSR count). The fourth-order valence-electron chi connectivity index (χ4n) is 3.84. The van der Waals surface area contributed by atoms with Crippen LogP contribution in [0.3, 0.4) is 0 Å². The van der Waals surface area contributed by atoms with E-state index >= 15 is 0 Å². The topological polar surface area (TPSA) is 0 Å². The van der Waals surface area contributed by atoms with Gasteiger partial charge in [0.1, 0.15) is 0 Å². The van der Waals surface area contributed by atoms with Crippen molar-refractivity contribution in [3.8, 4) is 22.3 Å². The van der Waals surface area contributed by atoms with E-state index in [-0.39, 0.29) is 0 Å². The Hall–Kier alpha value is -3.09. The third-order valence-corrected chi connectivity index (χ3v) is 5.30. The number of fused-ring (bicyclic) bond motifs is 3. The first-order valence-corrected chi connectivity index (χ1v) is 9.44. The molecule has 0 radical (unpaired) electrons. The van der Waals surface area contributed by atoms with Gasteiger partial charge >= 0.3 is 0 Å². The summed E-state index contributed by atoms with van der Waals surface area (Å²) in [5.74, 6) is 0. The number of benzene rings is 5. The predicted molar refractivity (Wildman–Crippen MR) is 117 cm³/mol. The molecule has 0 aromatic heterocycles. The minimum absolute atomic E-state index is 0.753. The zero-order valence-electron chi connectivity index (χ0n) is 14.7. The summed E-state index contributed by atoms with van der Waals surface area (Å²) in [6.45, 7) is 0. The minimum atomic E-state index is 0.753. The Balaban J connectivity index is 1.82. The summed E-state index contributed by atoms with van der Waals surface area (Å²) in [5.41, 5.74) is 4.66. The smallest absolute Gasteiger partial charge is 0.0418 e. The third kappa shape index (κ3) is 2.89. The monoisotopic (exact) mass is 364 g/mol. The maximum absolute atomic E-state index is 6.52. The van der Waals surface area contributed by atoms with E-state index in [0.717, 1.165) is 16.1 Å². The molecule has 27 heavy (non-hydrogen) atoms. The molecule has 0 bridgehead atoms. The average Bonchev–Trinajstić information content (AvgIpc) is 2.73. The number of hydrogen-bond acceptors (Lipinski definition) is 0. The average molecular weight is 365 g/mol. The molecule has 0 amide bonds. The number of halogens is 1. The molecule has 0 aliphatic heterocycles. The fraction of sp³-hybridized carbons (Fsp3) is 0. The van der Waals surface area contributed by atoms with Crippen LogP contribution in [0.1, 0.15) is 0 Å². The summed E-state index contributed by atoms with van der Waals surface area (Å²) in [6, 6.07) is 36.1. The number of hydrogen-bond donors (Lipinski definition) is 0. The molecule has 0 spiro atoms. The van der Waals surface area contributed by atoms with Gasteiger partial charge in [0.05, 0.1) is 0 Å². The molecule has 0 N–H and O–H groups in total. The quantitative estimate of drug-likeness (QED) is 0.278. The van der Waals surface area contributed by atoms with Crippen LogP contribution in [0.25, 0.3) is 43.8 Å². The van der Waals surface area contributed by atoms with Crippen molar-refractivity contribution >= 4 is 33.1 Å². The Kier molecular flexibility index (Phi) is 3.92. The van der Waals surface area contributed by atoms with Crippen LogP contribution in [0, 0.1) is 0 Å². The fourth-order valence-corrected chi connectivity index (χ4v) is 4.08. The predicted octanol–water partition coefficient (Wildman–Crippen LogP) is 7.98. The summed E-state index contributed by atoms with van der Waals surface area (Å²) < 4.78 is 0. The van der Waals surface area contributed by atoms with E-state index in [1.165, 1.54) is 32.7 Å². The van der Waals surface area contributed by atoms with E-state index in [4.69, 9.17) is 11.6 Å². The molecular formula is C26H17Cl. The maximum atomic E-state index is 6.52. The van der Waals surface area contributed by atoms with Crippen LogP contribution in [0.5, 0.6) is 0 Å². The Labute approximate surface area is 163 Å². The molecule has 5 aromatic carbocycles. The van der Waals surface area contributed by atoms with Crippen molar-refractivity contribution in [2.24, 2.45) is 0 Å². The van der Waals surface area contributed by atoms with E-state index < -0.39 is 0 Å². The van der Waals surface area contributed by atoms with Crippen molar-refractivity contribution in [1.29, 1.82) is 0 Å². The highest BCUT2D eigenvalue weighted by Gasteiger charge is 2.10. The van der Waals surface area contributed by atoms with Crippen LogP contribution in [-0.4, -0.2) is 0 Å². The van der Waals surface area contributed by atoms with E-state index in [0.29, 0.717) is 0 Å². The summed E-state index contributed by atoms with van der Waals surface area (Å²) in [7, 11) is 0. The summed E-state index contributed by atoms with van der Waals surface area (Å²) in [6.07, 6.45) is 0. The highest BCUT2D eigenvalue weighted by molar-refractivity contribution is 6.31. The molecule has 0 nitrogen and oxygen atoms in total. The van der Waals surface area contributed by atoms with E-state index in [2.05, 4.69) is 91.0 Å². The first-order chi connectivity index (χ1) is 13.3. The number of rotatable bonds is 2. The van der Waals surface area contributed by atoms with Crippen molar-refractivity contribution in [3.05, 3.63) is 108 Å². The highest BCUT2D eigenvalue weighted by atomic mass is 35.5. The maximum Gasteiger partial charge on any atom is 0.0418 e. The zero-order valence-corrected chi connectivity index (χ0v) is 15.4. The Morgan fingerprint density at radius 1 is 0.481 bits per heavy atom. The molecule has 0 saturated heterocycles. The van der Waals surface area contributed by atoms with Crippen molar-refractivity contribution in [2.45, 2.75) is 0 Å². The molecule has 0 unspecified atom stereocenters. The summed E-state index contributed by atoms with van der Waals surface area (Å²) >= 11 is 6.52. The van der Waals surface area contributed by atoms with Crippen LogP contribution < -0.4 is 0 Å². The summed E-state index contributed by atoms with van der Waals surface area (Å²) in [5, 5.41) is 5.79. The van der Waals surface area contributed by atoms with Gasteiger partial charge in [-0.1, -0.05) is 96.5 Å². The van der Waals surface area contributed by atoms with Gasteiger partial charge in [-0.25, -0.2) is 0 Å². The molecule has 0 saturated carbocycles. The lowest BCUT2D eigenvalue weighted by Gasteiger charge is -2.12. The highest BCUT2D eigenvalue weighted by Crippen LogP contribution is 2.37. The van der Waals surface area contributed by atoms with Crippen LogP contribution in [-0.2, 0) is 0 Å². The first-order valence-electron chi connectivity index (χ1n) is 9.06. The normalized spacial score (nSPS) is 11.1. The first kappa shape index (κ1) is 16.1. The summed E-state index contributed by atoms with van der Waals surface area (Å²) in [4.78, 5) is 0. The van der Waals surface area contributed by atoms with Gasteiger partial charge in [0.25, 0.3) is 0 Å². The van der Waals surface area contributed by atoms with Gasteiger partial charge in [0.2, 0.25) is 0 Å². The van der Waals surface area contributed by atoms with E-state index in [1.807, 2.05) is 12.1 Å². The van der Waals surface area contributed by atoms with Crippen LogP contribution in [0.4, 0.5) is 0 Å². The molecule has 128 valence electrons. The molecule has 0 aliphatic carbocycles. The minimum Gasteiger partial charge on any atom is -0.0843 e. The standard InChI is InChI=1S/C26H17Cl/c27-23-16-21(18-7-2-1-3-8-18)15-22(17-23)25-12-6-10-20-14-13-19-9-4-5-11-24(19)26(20)25/h1-17H. The van der Waals surface area contributed by atoms with E-state index in [9.17, 15) is 0 Å². The van der Waals surface area contributed by atoms with Crippen molar-refractivity contribution in [3.63, 3.8) is 0 Å².